The van der Waals surface area contributed by atoms with Crippen molar-refractivity contribution in [1.82, 2.24) is 9.44 Å². The van der Waals surface area contributed by atoms with Crippen molar-refractivity contribution < 1.29 is 16.8 Å². The summed E-state index contributed by atoms with van der Waals surface area (Å²) < 4.78 is 55.4. The number of rotatable bonds is 8. The van der Waals surface area contributed by atoms with Gasteiger partial charge in [0.1, 0.15) is 4.90 Å². The fourth-order valence-electron chi connectivity index (χ4n) is 2.85. The maximum atomic E-state index is 12.9. The maximum absolute atomic E-state index is 12.9. The molecule has 0 amide bonds. The zero-order valence-corrected chi connectivity index (χ0v) is 19.7. The number of halogens is 2. The molecule has 0 aromatic heterocycles. The van der Waals surface area contributed by atoms with E-state index in [0.29, 0.717) is 27.3 Å². The Morgan fingerprint density at radius 2 is 1.59 bits per heavy atom. The Labute approximate surface area is 182 Å². The Kier molecular flexibility index (Phi) is 7.75. The van der Waals surface area contributed by atoms with Crippen molar-refractivity contribution in [2.24, 2.45) is 0 Å². The first kappa shape index (κ1) is 24.1. The summed E-state index contributed by atoms with van der Waals surface area (Å²) in [5.41, 5.74) is 1.96. The van der Waals surface area contributed by atoms with Crippen LogP contribution in [-0.2, 0) is 32.3 Å². The molecule has 10 heteroatoms. The molecule has 2 rings (SSSR count). The first-order chi connectivity index (χ1) is 13.3. The molecule has 2 aromatic carbocycles. The summed E-state index contributed by atoms with van der Waals surface area (Å²) in [5.74, 6) is -0.251. The molecule has 6 nitrogen and oxygen atoms in total. The van der Waals surface area contributed by atoms with Crippen LogP contribution in [-0.4, -0.2) is 22.9 Å². The van der Waals surface area contributed by atoms with Crippen LogP contribution >= 0.6 is 23.2 Å². The molecular weight excluding hydrogens is 455 g/mol. The number of hydrogen-bond acceptors (Lipinski definition) is 4. The molecule has 0 saturated heterocycles. The molecule has 0 saturated carbocycles. The first-order valence-corrected chi connectivity index (χ1v) is 12.7. The Balaban J connectivity index is 2.32. The zero-order chi connectivity index (χ0) is 22.0. The van der Waals surface area contributed by atoms with Crippen LogP contribution in [0.2, 0.25) is 10.0 Å². The van der Waals surface area contributed by atoms with Crippen LogP contribution in [0.4, 0.5) is 0 Å². The number of nitrogens with one attached hydrogen (secondary N) is 2. The molecule has 0 heterocycles. The van der Waals surface area contributed by atoms with E-state index in [1.807, 2.05) is 0 Å². The van der Waals surface area contributed by atoms with Crippen LogP contribution in [0.3, 0.4) is 0 Å². The molecule has 2 N–H and O–H groups in total. The Morgan fingerprint density at radius 3 is 2.17 bits per heavy atom. The second kappa shape index (κ2) is 9.32. The van der Waals surface area contributed by atoms with Crippen molar-refractivity contribution in [2.45, 2.75) is 50.9 Å². The minimum atomic E-state index is -3.98. The van der Waals surface area contributed by atoms with Crippen LogP contribution in [0.5, 0.6) is 0 Å². The molecule has 0 aliphatic rings. The zero-order valence-electron chi connectivity index (χ0n) is 16.6. The van der Waals surface area contributed by atoms with Gasteiger partial charge in [-0.1, -0.05) is 47.5 Å². The fourth-order valence-corrected chi connectivity index (χ4v) is 6.56. The van der Waals surface area contributed by atoms with Crippen LogP contribution < -0.4 is 9.44 Å². The van der Waals surface area contributed by atoms with Gasteiger partial charge in [0.15, 0.2) is 0 Å². The Morgan fingerprint density at radius 1 is 1.00 bits per heavy atom. The Bertz CT molecular complexity index is 1090. The summed E-state index contributed by atoms with van der Waals surface area (Å²) in [4.78, 5) is -0.0734. The van der Waals surface area contributed by atoms with Gasteiger partial charge in [-0.05, 0) is 56.0 Å². The summed E-state index contributed by atoms with van der Waals surface area (Å²) in [6, 6.07) is 8.14. The first-order valence-electron chi connectivity index (χ1n) is 8.85. The molecule has 0 atom stereocenters. The molecule has 29 heavy (non-hydrogen) atoms. The quantitative estimate of drug-likeness (QED) is 0.601. The molecule has 2 aromatic rings. The lowest BCUT2D eigenvalue weighted by molar-refractivity contribution is 0.568. The third kappa shape index (κ3) is 6.16. The molecule has 0 fully saturated rings. The predicted molar refractivity (Wildman–Crippen MR) is 117 cm³/mol. The smallest absolute Gasteiger partial charge is 0.212 e. The lowest BCUT2D eigenvalue weighted by Gasteiger charge is -2.16. The topological polar surface area (TPSA) is 92.3 Å². The van der Waals surface area contributed by atoms with Gasteiger partial charge in [0.25, 0.3) is 0 Å². The highest BCUT2D eigenvalue weighted by Crippen LogP contribution is 2.33. The molecule has 0 aliphatic carbocycles. The molecule has 160 valence electrons. The summed E-state index contributed by atoms with van der Waals surface area (Å²) in [6.07, 6.45) is 0. The largest absolute Gasteiger partial charge is 0.242 e. The second-order valence-corrected chi connectivity index (χ2v) is 11.3. The fraction of sp³-hybridized carbons (Fsp3) is 0.368. The van der Waals surface area contributed by atoms with E-state index in [2.05, 4.69) is 9.44 Å². The van der Waals surface area contributed by atoms with E-state index in [9.17, 15) is 16.8 Å². The lowest BCUT2D eigenvalue weighted by Crippen LogP contribution is -2.32. The van der Waals surface area contributed by atoms with Crippen molar-refractivity contribution in [3.8, 4) is 0 Å². The van der Waals surface area contributed by atoms with Gasteiger partial charge in [-0.15, -0.1) is 0 Å². The van der Waals surface area contributed by atoms with E-state index < -0.39 is 20.0 Å². The summed E-state index contributed by atoms with van der Waals surface area (Å²) in [5, 5.41) is 0.412. The van der Waals surface area contributed by atoms with E-state index in [0.717, 1.165) is 0 Å². The van der Waals surface area contributed by atoms with E-state index in [1.165, 1.54) is 0 Å². The molecular formula is C19H24Cl2N2O4S2. The third-order valence-electron chi connectivity index (χ3n) is 4.19. The highest BCUT2D eigenvalue weighted by Gasteiger charge is 2.24. The third-order valence-corrected chi connectivity index (χ3v) is 8.27. The number of aryl methyl sites for hydroxylation is 1. The average molecular weight is 479 g/mol. The van der Waals surface area contributed by atoms with E-state index >= 15 is 0 Å². The van der Waals surface area contributed by atoms with E-state index in [-0.39, 0.29) is 28.3 Å². The highest BCUT2D eigenvalue weighted by molar-refractivity contribution is 7.89. The van der Waals surface area contributed by atoms with Gasteiger partial charge >= 0.3 is 0 Å². The monoisotopic (exact) mass is 478 g/mol. The number of sulfonamides is 2. The van der Waals surface area contributed by atoms with Crippen molar-refractivity contribution in [1.29, 1.82) is 0 Å². The van der Waals surface area contributed by atoms with Gasteiger partial charge in [-0.3, -0.25) is 0 Å². The van der Waals surface area contributed by atoms with E-state index in [4.69, 9.17) is 23.2 Å². The van der Waals surface area contributed by atoms with Gasteiger partial charge in [0.05, 0.1) is 10.8 Å². The van der Waals surface area contributed by atoms with Gasteiger partial charge in [-0.25, -0.2) is 26.3 Å². The van der Waals surface area contributed by atoms with Crippen LogP contribution in [0.1, 0.15) is 36.1 Å². The predicted octanol–water partition coefficient (Wildman–Crippen LogP) is 3.92. The van der Waals surface area contributed by atoms with Crippen LogP contribution in [0, 0.1) is 13.8 Å². The number of hydrogen-bond donors (Lipinski definition) is 2. The molecule has 0 radical (unpaired) electrons. The molecule has 0 aliphatic heterocycles. The average Bonchev–Trinajstić information content (AvgIpc) is 2.58. The standard InChI is InChI=1S/C19H24Cl2N2O4S2/c1-12(2)23-28(24,25)11-16-8-6-5-7-15(16)10-22-29(26,27)19-14(4)17(20)9-13(3)18(19)21/h5-9,12,22-23H,10-11H2,1-4H3. The van der Waals surface area contributed by atoms with Crippen molar-refractivity contribution in [3.63, 3.8) is 0 Å². The molecule has 0 bridgehead atoms. The van der Waals surface area contributed by atoms with Crippen molar-refractivity contribution in [3.05, 3.63) is 62.6 Å². The van der Waals surface area contributed by atoms with Crippen molar-refractivity contribution >= 4 is 43.2 Å². The Hall–Kier alpha value is -1.16. The van der Waals surface area contributed by atoms with Crippen LogP contribution in [0.15, 0.2) is 35.2 Å². The normalized spacial score (nSPS) is 12.5. The second-order valence-electron chi connectivity index (χ2n) is 7.07. The molecule has 0 spiro atoms. The van der Waals surface area contributed by atoms with Crippen molar-refractivity contribution in [2.75, 3.05) is 0 Å². The van der Waals surface area contributed by atoms with E-state index in [1.54, 1.807) is 58.0 Å². The summed E-state index contributed by atoms with van der Waals surface area (Å²) in [7, 11) is -7.53. The van der Waals surface area contributed by atoms with Gasteiger partial charge < -0.3 is 0 Å². The summed E-state index contributed by atoms with van der Waals surface area (Å²) >= 11 is 12.4. The maximum Gasteiger partial charge on any atom is 0.242 e. The summed E-state index contributed by atoms with van der Waals surface area (Å²) in [6.45, 7) is 6.64. The van der Waals surface area contributed by atoms with Gasteiger partial charge in [0.2, 0.25) is 20.0 Å². The van der Waals surface area contributed by atoms with Crippen LogP contribution in [0.25, 0.3) is 0 Å². The number of benzene rings is 2. The minimum absolute atomic E-state index is 0.0734. The minimum Gasteiger partial charge on any atom is -0.212 e. The lowest BCUT2D eigenvalue weighted by atomic mass is 10.1. The SMILES string of the molecule is Cc1cc(Cl)c(C)c(S(=O)(=O)NCc2ccccc2CS(=O)(=O)NC(C)C)c1Cl. The van der Waals surface area contributed by atoms with Gasteiger partial charge in [-0.2, -0.15) is 0 Å². The molecule has 0 unspecified atom stereocenters. The highest BCUT2D eigenvalue weighted by atomic mass is 35.5. The van der Waals surface area contributed by atoms with Gasteiger partial charge in [0, 0.05) is 17.6 Å².